The van der Waals surface area contributed by atoms with Gasteiger partial charge in [0.1, 0.15) is 29.0 Å². The van der Waals surface area contributed by atoms with Crippen LogP contribution in [0.5, 0.6) is 17.5 Å². The van der Waals surface area contributed by atoms with Gasteiger partial charge in [-0.25, -0.2) is 13.8 Å². The van der Waals surface area contributed by atoms with Crippen molar-refractivity contribution >= 4 is 43.5 Å². The van der Waals surface area contributed by atoms with E-state index in [0.717, 1.165) is 43.3 Å². The minimum atomic E-state index is -0.911. The number of anilines is 2. The van der Waals surface area contributed by atoms with Gasteiger partial charge in [-0.15, -0.1) is 0 Å². The van der Waals surface area contributed by atoms with Gasteiger partial charge in [0.15, 0.2) is 28.3 Å². The lowest BCUT2D eigenvalue weighted by atomic mass is 10.1. The summed E-state index contributed by atoms with van der Waals surface area (Å²) >= 11 is 0.917. The highest BCUT2D eigenvalue weighted by Crippen LogP contribution is 2.40. The van der Waals surface area contributed by atoms with Crippen LogP contribution < -0.4 is 25.4 Å². The zero-order valence-electron chi connectivity index (χ0n) is 22.2. The van der Waals surface area contributed by atoms with E-state index in [9.17, 15) is 9.65 Å². The van der Waals surface area contributed by atoms with Crippen molar-refractivity contribution in [3.63, 3.8) is 0 Å². The van der Waals surface area contributed by atoms with E-state index in [4.69, 9.17) is 20.2 Å². The standard InChI is InChI=1S/C27H27F2N9O2S/c1-37-9-13(8-30)6-16(37)12-39-27-35-20-19(40-23-17(28)7-18(29)24-22(23)34-26(31)41-24)4-5-32-21(20)25(36-27)38-10-14-2-3-15(11-38)33-14/h4-5,7,13-16,33H,2-3,6,9-12H2,1H3,(H2,31,34)/t13-,14?,15?,16-/m0/s1. The normalized spacial score (nSPS) is 24.3. The number of likely N-dealkylation sites (tertiary alicyclic amines) is 1. The first-order valence-electron chi connectivity index (χ1n) is 13.5. The SMILES string of the molecule is CN1C[C@H](C#N)C[C@H]1COc1nc(N2CC3CCC(C2)N3)c2nccc(Oc3c(F)cc(F)c4sc(N)nc34)c2n1. The van der Waals surface area contributed by atoms with Crippen LogP contribution in [0.4, 0.5) is 19.7 Å². The van der Waals surface area contributed by atoms with Crippen LogP contribution in [0.1, 0.15) is 19.3 Å². The molecular weight excluding hydrogens is 552 g/mol. The van der Waals surface area contributed by atoms with Crippen LogP contribution in [-0.4, -0.2) is 76.3 Å². The second kappa shape index (κ2) is 10.2. The fourth-order valence-corrected chi connectivity index (χ4v) is 6.80. The van der Waals surface area contributed by atoms with E-state index in [-0.39, 0.29) is 44.8 Å². The topological polar surface area (TPSA) is 138 Å². The summed E-state index contributed by atoms with van der Waals surface area (Å²) in [6, 6.07) is 5.52. The van der Waals surface area contributed by atoms with Crippen LogP contribution in [0.15, 0.2) is 18.3 Å². The Kier molecular flexibility index (Phi) is 6.44. The number of likely N-dealkylation sites (N-methyl/N-ethyl adjacent to an activating group) is 1. The number of nitrogen functional groups attached to an aromatic ring is 1. The van der Waals surface area contributed by atoms with E-state index in [1.807, 2.05) is 7.05 Å². The number of hydrogen-bond donors (Lipinski definition) is 2. The van der Waals surface area contributed by atoms with Crippen molar-refractivity contribution in [1.29, 1.82) is 5.26 Å². The number of aromatic nitrogens is 4. The maximum Gasteiger partial charge on any atom is 0.319 e. The minimum absolute atomic E-state index is 0.00397. The molecule has 7 rings (SSSR count). The van der Waals surface area contributed by atoms with Crippen LogP contribution in [0.25, 0.3) is 21.3 Å². The quantitative estimate of drug-likeness (QED) is 0.347. The van der Waals surface area contributed by atoms with Crippen molar-refractivity contribution in [2.45, 2.75) is 37.4 Å². The highest BCUT2D eigenvalue weighted by molar-refractivity contribution is 7.22. The summed E-state index contributed by atoms with van der Waals surface area (Å²) in [5, 5.41) is 13.1. The Morgan fingerprint density at radius 2 is 1.93 bits per heavy atom. The Morgan fingerprint density at radius 1 is 1.12 bits per heavy atom. The van der Waals surface area contributed by atoms with E-state index in [1.54, 1.807) is 12.3 Å². The van der Waals surface area contributed by atoms with E-state index in [2.05, 4.69) is 36.1 Å². The number of nitrogens with two attached hydrogens (primary N) is 1. The van der Waals surface area contributed by atoms with Crippen LogP contribution in [0.2, 0.25) is 0 Å². The third-order valence-corrected chi connectivity index (χ3v) is 8.95. The van der Waals surface area contributed by atoms with Gasteiger partial charge in [0, 0.05) is 56.1 Å². The average Bonchev–Trinajstić information content (AvgIpc) is 3.64. The molecule has 3 N–H and O–H groups in total. The number of benzene rings is 1. The number of piperazine rings is 1. The van der Waals surface area contributed by atoms with Crippen molar-refractivity contribution in [1.82, 2.24) is 30.2 Å². The van der Waals surface area contributed by atoms with Crippen LogP contribution in [-0.2, 0) is 0 Å². The van der Waals surface area contributed by atoms with Gasteiger partial charge >= 0.3 is 6.01 Å². The maximum absolute atomic E-state index is 15.1. The number of rotatable bonds is 6. The minimum Gasteiger partial charge on any atom is -0.462 e. The molecule has 3 saturated heterocycles. The average molecular weight is 580 g/mol. The first-order chi connectivity index (χ1) is 19.9. The van der Waals surface area contributed by atoms with Gasteiger partial charge in [0.25, 0.3) is 0 Å². The fourth-order valence-electron chi connectivity index (χ4n) is 6.06. The van der Waals surface area contributed by atoms with E-state index in [1.165, 1.54) is 0 Å². The molecule has 3 aromatic heterocycles. The summed E-state index contributed by atoms with van der Waals surface area (Å²) in [6.07, 6.45) is 4.41. The molecule has 212 valence electrons. The van der Waals surface area contributed by atoms with Crippen molar-refractivity contribution in [2.24, 2.45) is 5.92 Å². The monoisotopic (exact) mass is 579 g/mol. The molecule has 0 saturated carbocycles. The summed E-state index contributed by atoms with van der Waals surface area (Å²) in [6.45, 7) is 2.47. The third kappa shape index (κ3) is 4.73. The molecule has 3 aliphatic rings. The molecule has 4 aromatic rings. The number of ether oxygens (including phenoxy) is 2. The molecule has 0 radical (unpaired) electrons. The molecular formula is C27H27F2N9O2S. The Bertz CT molecular complexity index is 1680. The maximum atomic E-state index is 15.1. The summed E-state index contributed by atoms with van der Waals surface area (Å²) in [7, 11) is 1.97. The molecule has 3 aliphatic heterocycles. The molecule has 11 nitrogen and oxygen atoms in total. The number of halogens is 2. The second-order valence-electron chi connectivity index (χ2n) is 10.8. The predicted molar refractivity (Wildman–Crippen MR) is 149 cm³/mol. The van der Waals surface area contributed by atoms with Crippen LogP contribution >= 0.6 is 11.3 Å². The van der Waals surface area contributed by atoms with Crippen molar-refractivity contribution < 1.29 is 18.3 Å². The van der Waals surface area contributed by atoms with Crippen molar-refractivity contribution in [3.05, 3.63) is 30.0 Å². The van der Waals surface area contributed by atoms with Gasteiger partial charge in [-0.3, -0.25) is 9.88 Å². The molecule has 1 aromatic carbocycles. The number of nitrogens with zero attached hydrogens (tertiary/aromatic N) is 7. The molecule has 2 unspecified atom stereocenters. The number of hydrogen-bond acceptors (Lipinski definition) is 12. The largest absolute Gasteiger partial charge is 0.462 e. The molecule has 0 amide bonds. The molecule has 0 spiro atoms. The number of fused-ring (bicyclic) bond motifs is 4. The first-order valence-corrected chi connectivity index (χ1v) is 14.3. The zero-order valence-corrected chi connectivity index (χ0v) is 23.0. The zero-order chi connectivity index (χ0) is 28.2. The Balaban J connectivity index is 1.30. The lowest BCUT2D eigenvalue weighted by Crippen LogP contribution is -2.51. The lowest BCUT2D eigenvalue weighted by molar-refractivity contribution is 0.188. The predicted octanol–water partition coefficient (Wildman–Crippen LogP) is 3.45. The fraction of sp³-hybridized carbons (Fsp3) is 0.444. The Hall–Kier alpha value is -3.93. The van der Waals surface area contributed by atoms with Gasteiger partial charge < -0.3 is 25.4 Å². The van der Waals surface area contributed by atoms with Gasteiger partial charge in [0.05, 0.1) is 16.7 Å². The highest BCUT2D eigenvalue weighted by Gasteiger charge is 2.35. The summed E-state index contributed by atoms with van der Waals surface area (Å²) < 4.78 is 41.8. The molecule has 14 heteroatoms. The highest BCUT2D eigenvalue weighted by atomic mass is 32.1. The van der Waals surface area contributed by atoms with Crippen LogP contribution in [0, 0.1) is 28.9 Å². The number of pyridine rings is 1. The van der Waals surface area contributed by atoms with Gasteiger partial charge in [-0.1, -0.05) is 11.3 Å². The van der Waals surface area contributed by atoms with E-state index < -0.39 is 11.6 Å². The van der Waals surface area contributed by atoms with Crippen LogP contribution in [0.3, 0.4) is 0 Å². The molecule has 2 bridgehead atoms. The van der Waals surface area contributed by atoms with E-state index in [0.29, 0.717) is 48.5 Å². The second-order valence-corrected chi connectivity index (χ2v) is 11.9. The molecule has 3 fully saturated rings. The third-order valence-electron chi connectivity index (χ3n) is 8.06. The lowest BCUT2D eigenvalue weighted by Gasteiger charge is -2.34. The van der Waals surface area contributed by atoms with Crippen molar-refractivity contribution in [2.75, 3.05) is 43.9 Å². The van der Waals surface area contributed by atoms with Crippen molar-refractivity contribution in [3.8, 4) is 23.6 Å². The Labute approximate surface area is 237 Å². The van der Waals surface area contributed by atoms with Gasteiger partial charge in [0.2, 0.25) is 0 Å². The molecule has 0 aliphatic carbocycles. The summed E-state index contributed by atoms with van der Waals surface area (Å²) in [5.41, 5.74) is 6.61. The molecule has 6 heterocycles. The Morgan fingerprint density at radius 3 is 2.68 bits per heavy atom. The molecule has 4 atom stereocenters. The summed E-state index contributed by atoms with van der Waals surface area (Å²) in [5.74, 6) is -1.17. The first kappa shape index (κ1) is 26.0. The smallest absolute Gasteiger partial charge is 0.319 e. The number of nitriles is 1. The van der Waals surface area contributed by atoms with Gasteiger partial charge in [-0.2, -0.15) is 15.2 Å². The number of nitrogens with one attached hydrogen (secondary N) is 1. The molecule has 41 heavy (non-hydrogen) atoms. The number of thiazole rings is 1. The van der Waals surface area contributed by atoms with Gasteiger partial charge in [-0.05, 0) is 26.3 Å². The van der Waals surface area contributed by atoms with E-state index >= 15 is 4.39 Å². The summed E-state index contributed by atoms with van der Waals surface area (Å²) in [4.78, 5) is 22.4.